The van der Waals surface area contributed by atoms with E-state index in [1.807, 2.05) is 30.3 Å². The number of hydrazine groups is 1. The molecule has 14 heteroatoms. The Kier molecular flexibility index (Phi) is 13.8. The summed E-state index contributed by atoms with van der Waals surface area (Å²) in [6.45, 7) is 4.93. The predicted octanol–water partition coefficient (Wildman–Crippen LogP) is 3.11. The van der Waals surface area contributed by atoms with E-state index >= 15 is 0 Å². The smallest absolute Gasteiger partial charge is 0.408 e. The number of phenolic OH excluding ortho intramolecular Hbond substituents is 1. The van der Waals surface area contributed by atoms with Crippen molar-refractivity contribution in [3.63, 3.8) is 0 Å². The topological polar surface area (TPSA) is 195 Å². The summed E-state index contributed by atoms with van der Waals surface area (Å²) in [5.41, 5.74) is 11.9. The van der Waals surface area contributed by atoms with Gasteiger partial charge in [-0.1, -0.05) is 47.6 Å². The molecule has 0 saturated carbocycles. The number of phenols is 1. The fourth-order valence-electron chi connectivity index (χ4n) is 3.81. The second-order valence-corrected chi connectivity index (χ2v) is 10.8. The highest BCUT2D eigenvalue weighted by molar-refractivity contribution is 5.87. The first-order valence-electron chi connectivity index (χ1n) is 13.6. The van der Waals surface area contributed by atoms with Crippen LogP contribution in [0.3, 0.4) is 0 Å². The van der Waals surface area contributed by atoms with Gasteiger partial charge in [0.05, 0.1) is 0 Å². The van der Waals surface area contributed by atoms with Crippen molar-refractivity contribution in [3.8, 4) is 5.75 Å². The highest BCUT2D eigenvalue weighted by atomic mass is 16.6. The van der Waals surface area contributed by atoms with Gasteiger partial charge in [-0.3, -0.25) is 19.8 Å². The molecule has 14 nitrogen and oxygen atoms in total. The van der Waals surface area contributed by atoms with Gasteiger partial charge in [0.15, 0.2) is 0 Å². The lowest BCUT2D eigenvalue weighted by Gasteiger charge is -2.26. The number of carbonyl (C=O) groups is 4. The van der Waals surface area contributed by atoms with Crippen LogP contribution in [-0.4, -0.2) is 71.8 Å². The summed E-state index contributed by atoms with van der Waals surface area (Å²) in [5.74, 6) is -1.62. The second kappa shape index (κ2) is 17.2. The van der Waals surface area contributed by atoms with Crippen molar-refractivity contribution < 1.29 is 33.8 Å². The number of ether oxygens (including phenoxy) is 2. The lowest BCUT2D eigenvalue weighted by atomic mass is 10.0. The van der Waals surface area contributed by atoms with Crippen LogP contribution < -0.4 is 16.1 Å². The number of hydrogen-bond acceptors (Lipinski definition) is 9. The van der Waals surface area contributed by atoms with E-state index in [9.17, 15) is 24.3 Å². The maximum absolute atomic E-state index is 13.4. The lowest BCUT2D eigenvalue weighted by molar-refractivity contribution is -0.147. The van der Waals surface area contributed by atoms with Crippen LogP contribution in [0.1, 0.15) is 44.7 Å². The zero-order valence-electron chi connectivity index (χ0n) is 24.8. The molecule has 2 aromatic rings. The number of hydrogen-bond donors (Lipinski definition) is 4. The number of alkyl carbamates (subject to hydrolysis) is 1. The molecule has 0 aliphatic rings. The van der Waals surface area contributed by atoms with E-state index < -0.39 is 41.6 Å². The van der Waals surface area contributed by atoms with Crippen LogP contribution in [0.2, 0.25) is 0 Å². The Hall–Kier alpha value is -4.81. The van der Waals surface area contributed by atoms with Gasteiger partial charge in [-0.05, 0) is 56.0 Å². The Morgan fingerprint density at radius 2 is 1.70 bits per heavy atom. The van der Waals surface area contributed by atoms with Gasteiger partial charge in [0.2, 0.25) is 11.8 Å². The summed E-state index contributed by atoms with van der Waals surface area (Å²) in [6, 6.07) is 13.4. The highest BCUT2D eigenvalue weighted by Crippen LogP contribution is 2.13. The normalized spacial score (nSPS) is 12.3. The number of likely N-dealkylation sites (N-methyl/N-ethyl adjacent to an activating group) is 1. The van der Waals surface area contributed by atoms with E-state index in [0.29, 0.717) is 5.56 Å². The molecule has 0 radical (unpaired) electrons. The summed E-state index contributed by atoms with van der Waals surface area (Å²) in [6.07, 6.45) is -0.830. The molecule has 0 aromatic heterocycles. The minimum Gasteiger partial charge on any atom is -0.508 e. The van der Waals surface area contributed by atoms with Gasteiger partial charge in [0.25, 0.3) is 0 Å². The first kappa shape index (κ1) is 34.4. The minimum absolute atomic E-state index is 0.00149. The van der Waals surface area contributed by atoms with Crippen molar-refractivity contribution in [2.45, 2.75) is 64.3 Å². The van der Waals surface area contributed by atoms with Crippen molar-refractivity contribution in [1.29, 1.82) is 0 Å². The molecular weight excluding hydrogens is 558 g/mol. The number of azide groups is 1. The zero-order valence-corrected chi connectivity index (χ0v) is 24.8. The summed E-state index contributed by atoms with van der Waals surface area (Å²) < 4.78 is 10.5. The third-order valence-corrected chi connectivity index (χ3v) is 5.73. The van der Waals surface area contributed by atoms with Crippen molar-refractivity contribution in [2.24, 2.45) is 5.11 Å². The number of amides is 3. The van der Waals surface area contributed by atoms with Crippen molar-refractivity contribution in [2.75, 3.05) is 20.1 Å². The first-order valence-corrected chi connectivity index (χ1v) is 13.6. The Morgan fingerprint density at radius 3 is 2.33 bits per heavy atom. The van der Waals surface area contributed by atoms with Crippen molar-refractivity contribution >= 4 is 23.9 Å². The molecule has 0 unspecified atom stereocenters. The van der Waals surface area contributed by atoms with Gasteiger partial charge in [0, 0.05) is 37.4 Å². The number of nitrogens with one attached hydrogen (secondary N) is 3. The van der Waals surface area contributed by atoms with Gasteiger partial charge in [-0.25, -0.2) is 9.80 Å². The summed E-state index contributed by atoms with van der Waals surface area (Å²) in [5, 5.41) is 19.7. The van der Waals surface area contributed by atoms with Crippen LogP contribution in [0, 0.1) is 0 Å². The number of nitrogens with zero attached hydrogens (tertiary/aromatic N) is 4. The second-order valence-electron chi connectivity index (χ2n) is 10.8. The predicted molar refractivity (Wildman–Crippen MR) is 157 cm³/mol. The van der Waals surface area contributed by atoms with Crippen LogP contribution in [0.25, 0.3) is 10.4 Å². The molecule has 0 aliphatic heterocycles. The van der Waals surface area contributed by atoms with E-state index in [0.717, 1.165) is 5.56 Å². The maximum atomic E-state index is 13.4. The Labute approximate surface area is 250 Å². The van der Waals surface area contributed by atoms with Crippen LogP contribution in [0.5, 0.6) is 5.75 Å². The maximum Gasteiger partial charge on any atom is 0.408 e. The van der Waals surface area contributed by atoms with Crippen LogP contribution in [-0.2, 0) is 36.9 Å². The van der Waals surface area contributed by atoms with E-state index in [4.69, 9.17) is 15.0 Å². The third-order valence-electron chi connectivity index (χ3n) is 5.73. The largest absolute Gasteiger partial charge is 0.508 e. The summed E-state index contributed by atoms with van der Waals surface area (Å²) in [4.78, 5) is 53.6. The SMILES string of the molecule is CN(CC(=O)OCc1ccccc1)NC(=O)C[C@H](CCN=[N+]=[N-])NC(=O)[C@H](Cc1ccc(O)cc1)NC(=O)OC(C)(C)C. The van der Waals surface area contributed by atoms with Crippen molar-refractivity contribution in [3.05, 3.63) is 76.2 Å². The quantitative estimate of drug-likeness (QED) is 0.0790. The Morgan fingerprint density at radius 1 is 1.02 bits per heavy atom. The average Bonchev–Trinajstić information content (AvgIpc) is 2.92. The molecule has 0 fully saturated rings. The average molecular weight is 598 g/mol. The molecule has 4 N–H and O–H groups in total. The van der Waals surface area contributed by atoms with E-state index in [1.54, 1.807) is 32.9 Å². The fraction of sp³-hybridized carbons (Fsp3) is 0.448. The molecule has 0 aliphatic carbocycles. The molecular formula is C29H39N7O7. The fourth-order valence-corrected chi connectivity index (χ4v) is 3.81. The molecule has 2 atom stereocenters. The van der Waals surface area contributed by atoms with Gasteiger partial charge >= 0.3 is 12.1 Å². The van der Waals surface area contributed by atoms with E-state index in [-0.39, 0.29) is 44.7 Å². The van der Waals surface area contributed by atoms with Crippen LogP contribution in [0.15, 0.2) is 59.7 Å². The van der Waals surface area contributed by atoms with Gasteiger partial charge < -0.3 is 25.2 Å². The number of carbonyl (C=O) groups excluding carboxylic acids is 4. The van der Waals surface area contributed by atoms with Gasteiger partial charge in [-0.15, -0.1) is 0 Å². The molecule has 0 bridgehead atoms. The molecule has 43 heavy (non-hydrogen) atoms. The standard InChI is InChI=1S/C29H39N7O7/c1-29(2,3)43-28(41)33-24(16-20-10-12-23(37)13-11-20)27(40)32-22(14-15-31-35-30)17-25(38)34-36(4)18-26(39)42-19-21-8-6-5-7-9-21/h5-13,22,24,37H,14-19H2,1-4H3,(H,32,40)(H,33,41)(H,34,38)/t22-,24-/m0/s1. The van der Waals surface area contributed by atoms with E-state index in [1.165, 1.54) is 24.2 Å². The Balaban J connectivity index is 2.03. The van der Waals surface area contributed by atoms with Gasteiger partial charge in [0.1, 0.15) is 30.5 Å². The monoisotopic (exact) mass is 597 g/mol. The third kappa shape index (κ3) is 14.6. The van der Waals surface area contributed by atoms with Crippen molar-refractivity contribution in [1.82, 2.24) is 21.1 Å². The van der Waals surface area contributed by atoms with Gasteiger partial charge in [-0.2, -0.15) is 0 Å². The zero-order chi connectivity index (χ0) is 31.8. The number of aromatic hydroxyl groups is 1. The molecule has 0 saturated heterocycles. The molecule has 0 heterocycles. The molecule has 0 spiro atoms. The highest BCUT2D eigenvalue weighted by Gasteiger charge is 2.27. The summed E-state index contributed by atoms with van der Waals surface area (Å²) in [7, 11) is 1.49. The molecule has 232 valence electrons. The van der Waals surface area contributed by atoms with Crippen LogP contribution in [0.4, 0.5) is 4.79 Å². The Bertz CT molecular complexity index is 1260. The number of rotatable bonds is 15. The minimum atomic E-state index is -1.09. The first-order chi connectivity index (χ1) is 20.3. The van der Waals surface area contributed by atoms with E-state index in [2.05, 4.69) is 26.1 Å². The summed E-state index contributed by atoms with van der Waals surface area (Å²) >= 11 is 0. The molecule has 3 amide bonds. The molecule has 2 aromatic carbocycles. The number of benzene rings is 2. The van der Waals surface area contributed by atoms with Crippen LogP contribution >= 0.6 is 0 Å². The molecule has 2 rings (SSSR count). The number of esters is 1. The lowest BCUT2D eigenvalue weighted by Crippen LogP contribution is -2.53.